The molecule has 0 spiro atoms. The number of carbonyl (C=O) groups is 1. The van der Waals surface area contributed by atoms with Crippen LogP contribution in [0.4, 0.5) is 0 Å². The zero-order valence-corrected chi connectivity index (χ0v) is 16.8. The van der Waals surface area contributed by atoms with Crippen LogP contribution < -0.4 is 0 Å². The van der Waals surface area contributed by atoms with Crippen LogP contribution in [0.15, 0.2) is 29.6 Å². The first-order valence-corrected chi connectivity index (χ1v) is 11.7. The molecular weight excluding hydrogens is 360 g/mol. The van der Waals surface area contributed by atoms with Crippen molar-refractivity contribution in [1.29, 1.82) is 0 Å². The van der Waals surface area contributed by atoms with Crippen LogP contribution in [0.25, 0.3) is 9.75 Å². The molecule has 0 aromatic carbocycles. The van der Waals surface area contributed by atoms with Crippen molar-refractivity contribution in [3.05, 3.63) is 34.5 Å². The monoisotopic (exact) mass is 384 g/mol. The van der Waals surface area contributed by atoms with E-state index >= 15 is 0 Å². The van der Waals surface area contributed by atoms with Crippen LogP contribution in [0.3, 0.4) is 0 Å². The summed E-state index contributed by atoms with van der Waals surface area (Å²) in [5, 5.41) is 2.09. The molecule has 0 fully saturated rings. The molecule has 0 aliphatic heterocycles. The quantitative estimate of drug-likeness (QED) is 0.573. The van der Waals surface area contributed by atoms with Crippen molar-refractivity contribution in [1.82, 2.24) is 0 Å². The number of Topliss-reactive ketones (excluding diaryl/α,β-unsaturated/α-hetero) is 1. The van der Waals surface area contributed by atoms with Gasteiger partial charge in [-0.3, -0.25) is 4.79 Å². The van der Waals surface area contributed by atoms with Crippen molar-refractivity contribution in [2.75, 3.05) is 6.26 Å². The van der Waals surface area contributed by atoms with Crippen LogP contribution in [0.2, 0.25) is 0 Å². The molecule has 0 saturated heterocycles. The molecule has 0 radical (unpaired) electrons. The first-order chi connectivity index (χ1) is 11.2. The topological polar surface area (TPSA) is 51.2 Å². The average Bonchev–Trinajstić information content (AvgIpc) is 3.16. The number of hydrogen-bond acceptors (Lipinski definition) is 5. The minimum atomic E-state index is -3.37. The molecule has 0 saturated carbocycles. The van der Waals surface area contributed by atoms with E-state index in [4.69, 9.17) is 0 Å². The molecule has 6 heteroatoms. The number of unbranched alkanes of at least 4 members (excludes halogenated alkanes) is 2. The lowest BCUT2D eigenvalue weighted by Crippen LogP contribution is -2.41. The molecule has 2 aromatic heterocycles. The van der Waals surface area contributed by atoms with E-state index in [2.05, 4.69) is 29.6 Å². The molecular formula is C18H24O3S3. The summed E-state index contributed by atoms with van der Waals surface area (Å²) in [5.74, 6) is -0.260. The maximum Gasteiger partial charge on any atom is 0.159 e. The van der Waals surface area contributed by atoms with Gasteiger partial charge in [-0.2, -0.15) is 0 Å². The summed E-state index contributed by atoms with van der Waals surface area (Å²) < 4.78 is 22.5. The van der Waals surface area contributed by atoms with E-state index in [0.717, 1.165) is 31.9 Å². The van der Waals surface area contributed by atoms with E-state index in [1.54, 1.807) is 18.3 Å². The van der Waals surface area contributed by atoms with Crippen molar-refractivity contribution in [3.63, 3.8) is 0 Å². The smallest absolute Gasteiger partial charge is 0.159 e. The molecule has 0 bridgehead atoms. The summed E-state index contributed by atoms with van der Waals surface area (Å²) in [6, 6.07) is 8.54. The Balaban J connectivity index is 1.80. The molecule has 0 N–H and O–H groups in total. The van der Waals surface area contributed by atoms with E-state index in [1.165, 1.54) is 21.6 Å². The van der Waals surface area contributed by atoms with Crippen molar-refractivity contribution in [3.8, 4) is 9.75 Å². The number of sulfone groups is 1. The van der Waals surface area contributed by atoms with Gasteiger partial charge in [0, 0.05) is 20.9 Å². The first kappa shape index (κ1) is 19.3. The maximum atomic E-state index is 11.9. The summed E-state index contributed by atoms with van der Waals surface area (Å²) in [6.45, 7) is 2.93. The van der Waals surface area contributed by atoms with Gasteiger partial charge in [-0.1, -0.05) is 18.9 Å². The van der Waals surface area contributed by atoms with Crippen molar-refractivity contribution >= 4 is 38.3 Å². The Morgan fingerprint density at radius 3 is 2.46 bits per heavy atom. The molecule has 2 heterocycles. The number of thiophene rings is 2. The zero-order chi connectivity index (χ0) is 17.8. The molecule has 1 unspecified atom stereocenters. The van der Waals surface area contributed by atoms with Gasteiger partial charge in [-0.05, 0) is 56.7 Å². The number of ketones is 1. The lowest BCUT2D eigenvalue weighted by atomic mass is 9.98. The summed E-state index contributed by atoms with van der Waals surface area (Å²) in [7, 11) is -3.37. The molecule has 2 aromatic rings. The number of carbonyl (C=O) groups excluding carboxylic acids is 1. The Labute approximate surface area is 152 Å². The normalized spacial score (nSPS) is 14.5. The molecule has 0 aliphatic carbocycles. The predicted molar refractivity (Wildman–Crippen MR) is 104 cm³/mol. The standard InChI is InChI=1S/C18H24O3S3/c1-14(19)18(2,24(3,20)21)12-6-4-5-8-15-10-11-17(23-15)16-9-7-13-22-16/h7,9-11,13H,4-6,8,12H2,1-3H3. The number of rotatable bonds is 9. The fraction of sp³-hybridized carbons (Fsp3) is 0.500. The van der Waals surface area contributed by atoms with Crippen LogP contribution in [0.5, 0.6) is 0 Å². The van der Waals surface area contributed by atoms with Gasteiger partial charge in [0.15, 0.2) is 15.6 Å². The Morgan fingerprint density at radius 2 is 1.88 bits per heavy atom. The molecule has 1 atom stereocenters. The number of aryl methyl sites for hydroxylation is 1. The van der Waals surface area contributed by atoms with Gasteiger partial charge < -0.3 is 0 Å². The van der Waals surface area contributed by atoms with Gasteiger partial charge in [0.2, 0.25) is 0 Å². The Bertz CT molecular complexity index is 772. The second-order valence-electron chi connectivity index (χ2n) is 6.36. The number of hydrogen-bond donors (Lipinski definition) is 0. The summed E-state index contributed by atoms with van der Waals surface area (Å²) in [6.07, 6.45) is 5.28. The minimum absolute atomic E-state index is 0.260. The van der Waals surface area contributed by atoms with Gasteiger partial charge in [0.05, 0.1) is 0 Å². The van der Waals surface area contributed by atoms with Crippen molar-refractivity contribution in [2.45, 2.75) is 50.7 Å². The summed E-state index contributed by atoms with van der Waals surface area (Å²) in [5.41, 5.74) is 0. The second kappa shape index (κ2) is 7.93. The highest BCUT2D eigenvalue weighted by molar-refractivity contribution is 7.92. The highest BCUT2D eigenvalue weighted by atomic mass is 32.2. The van der Waals surface area contributed by atoms with Gasteiger partial charge in [0.1, 0.15) is 4.75 Å². The van der Waals surface area contributed by atoms with Crippen LogP contribution in [-0.2, 0) is 21.1 Å². The van der Waals surface area contributed by atoms with Gasteiger partial charge in [-0.15, -0.1) is 22.7 Å². The van der Waals surface area contributed by atoms with Gasteiger partial charge >= 0.3 is 0 Å². The van der Waals surface area contributed by atoms with Crippen LogP contribution in [0.1, 0.15) is 44.4 Å². The van der Waals surface area contributed by atoms with Gasteiger partial charge in [0.25, 0.3) is 0 Å². The third-order valence-electron chi connectivity index (χ3n) is 4.57. The van der Waals surface area contributed by atoms with Crippen LogP contribution in [-0.4, -0.2) is 25.2 Å². The SMILES string of the molecule is CC(=O)C(C)(CCCCCc1ccc(-c2cccs2)s1)S(C)(=O)=O. The molecule has 3 nitrogen and oxygen atoms in total. The summed E-state index contributed by atoms with van der Waals surface area (Å²) >= 11 is 3.57. The van der Waals surface area contributed by atoms with Crippen molar-refractivity contribution < 1.29 is 13.2 Å². The molecule has 24 heavy (non-hydrogen) atoms. The molecule has 0 amide bonds. The highest BCUT2D eigenvalue weighted by Crippen LogP contribution is 2.32. The van der Waals surface area contributed by atoms with Crippen LogP contribution in [0, 0.1) is 0 Å². The minimum Gasteiger partial charge on any atom is -0.298 e. The first-order valence-electron chi connectivity index (χ1n) is 8.07. The third kappa shape index (κ3) is 4.55. The summed E-state index contributed by atoms with van der Waals surface area (Å²) in [4.78, 5) is 15.7. The Kier molecular flexibility index (Phi) is 6.39. The van der Waals surface area contributed by atoms with E-state index in [-0.39, 0.29) is 5.78 Å². The second-order valence-corrected chi connectivity index (χ2v) is 10.9. The van der Waals surface area contributed by atoms with Gasteiger partial charge in [-0.25, -0.2) is 8.42 Å². The highest BCUT2D eigenvalue weighted by Gasteiger charge is 2.39. The fourth-order valence-electron chi connectivity index (χ4n) is 2.62. The zero-order valence-electron chi connectivity index (χ0n) is 14.4. The van der Waals surface area contributed by atoms with E-state index < -0.39 is 14.6 Å². The predicted octanol–water partition coefficient (Wildman–Crippen LogP) is 4.97. The van der Waals surface area contributed by atoms with E-state index in [0.29, 0.717) is 6.42 Å². The van der Waals surface area contributed by atoms with E-state index in [9.17, 15) is 13.2 Å². The lowest BCUT2D eigenvalue weighted by molar-refractivity contribution is -0.119. The largest absolute Gasteiger partial charge is 0.298 e. The van der Waals surface area contributed by atoms with Crippen LogP contribution >= 0.6 is 22.7 Å². The molecule has 0 aliphatic rings. The lowest BCUT2D eigenvalue weighted by Gasteiger charge is -2.24. The molecule has 2 rings (SSSR count). The maximum absolute atomic E-state index is 11.9. The van der Waals surface area contributed by atoms with E-state index in [1.807, 2.05) is 11.3 Å². The fourth-order valence-corrected chi connectivity index (χ4v) is 5.55. The Morgan fingerprint density at radius 1 is 1.12 bits per heavy atom. The third-order valence-corrected chi connectivity index (χ3v) is 8.90. The molecule has 132 valence electrons. The van der Waals surface area contributed by atoms with Crippen molar-refractivity contribution in [2.24, 2.45) is 0 Å². The Hall–Kier alpha value is -0.980. The average molecular weight is 385 g/mol.